The number of nitrogens with zero attached hydrogens (tertiary/aromatic N) is 2. The lowest BCUT2D eigenvalue weighted by Crippen LogP contribution is -2.23. The number of carboxylic acid groups (broad SMARTS) is 1. The summed E-state index contributed by atoms with van der Waals surface area (Å²) in [5.74, 6) is -0.789. The van der Waals surface area contributed by atoms with E-state index in [1.165, 1.54) is 53.4 Å². The molecule has 0 aliphatic heterocycles. The summed E-state index contributed by atoms with van der Waals surface area (Å²) in [6, 6.07) is 5.94. The summed E-state index contributed by atoms with van der Waals surface area (Å²) in [7, 11) is -3.92. The number of amides is 1. The second-order valence-electron chi connectivity index (χ2n) is 5.32. The third-order valence-electron chi connectivity index (χ3n) is 3.62. The van der Waals surface area contributed by atoms with Crippen molar-refractivity contribution in [2.24, 2.45) is 0 Å². The molecule has 0 atom stereocenters. The Kier molecular flexibility index (Phi) is 5.05. The van der Waals surface area contributed by atoms with Crippen molar-refractivity contribution in [3.63, 3.8) is 0 Å². The van der Waals surface area contributed by atoms with Crippen molar-refractivity contribution < 1.29 is 22.7 Å². The number of aromatic nitrogens is 2. The smallest absolute Gasteiger partial charge is 0.404 e. The van der Waals surface area contributed by atoms with E-state index in [1.807, 2.05) is 0 Å². The summed E-state index contributed by atoms with van der Waals surface area (Å²) in [6.45, 7) is 0.104. The van der Waals surface area contributed by atoms with E-state index < -0.39 is 22.1 Å². The third kappa shape index (κ3) is 3.60. The predicted molar refractivity (Wildman–Crippen MR) is 94.3 cm³/mol. The quantitative estimate of drug-likeness (QED) is 0.625. The third-order valence-corrected chi connectivity index (χ3v) is 6.12. The highest BCUT2D eigenvalue weighted by Crippen LogP contribution is 2.29. The average Bonchev–Trinajstić information content (AvgIpc) is 3.25. The molecule has 0 spiro atoms. The van der Waals surface area contributed by atoms with Crippen LogP contribution in [0.25, 0.3) is 11.3 Å². The molecule has 0 radical (unpaired) electrons. The van der Waals surface area contributed by atoms with Crippen LogP contribution in [0.3, 0.4) is 0 Å². The van der Waals surface area contributed by atoms with Crippen LogP contribution in [0.5, 0.6) is 0 Å². The van der Waals surface area contributed by atoms with Crippen LogP contribution in [0.4, 0.5) is 9.18 Å². The molecule has 3 rings (SSSR count). The van der Waals surface area contributed by atoms with Crippen molar-refractivity contribution in [2.45, 2.75) is 11.3 Å². The van der Waals surface area contributed by atoms with Gasteiger partial charge in [-0.25, -0.2) is 22.2 Å². The van der Waals surface area contributed by atoms with Gasteiger partial charge in [0.15, 0.2) is 0 Å². The Labute approximate surface area is 152 Å². The molecule has 136 valence electrons. The lowest BCUT2D eigenvalue weighted by molar-refractivity contribution is 0.194. The van der Waals surface area contributed by atoms with E-state index in [0.29, 0.717) is 5.56 Å². The molecule has 0 aromatic carbocycles. The highest BCUT2D eigenvalue weighted by molar-refractivity contribution is 7.90. The van der Waals surface area contributed by atoms with Gasteiger partial charge in [0.25, 0.3) is 10.0 Å². The summed E-state index contributed by atoms with van der Waals surface area (Å²) in [4.78, 5) is 14.2. The molecule has 3 aromatic heterocycles. The highest BCUT2D eigenvalue weighted by Gasteiger charge is 2.23. The molecular weight excluding hydrogens is 381 g/mol. The van der Waals surface area contributed by atoms with Gasteiger partial charge in [-0.15, -0.1) is 0 Å². The minimum Gasteiger partial charge on any atom is -0.465 e. The Morgan fingerprint density at radius 3 is 2.85 bits per heavy atom. The molecule has 0 saturated heterocycles. The summed E-state index contributed by atoms with van der Waals surface area (Å²) in [6.07, 6.45) is 1.73. The summed E-state index contributed by atoms with van der Waals surface area (Å²) >= 11 is 1.24. The first-order valence-corrected chi connectivity index (χ1v) is 9.84. The molecule has 7 nitrogen and oxygen atoms in total. The second kappa shape index (κ2) is 7.26. The molecule has 3 aromatic rings. The van der Waals surface area contributed by atoms with E-state index in [9.17, 15) is 17.6 Å². The van der Waals surface area contributed by atoms with Gasteiger partial charge in [-0.2, -0.15) is 15.7 Å². The summed E-state index contributed by atoms with van der Waals surface area (Å²) in [5, 5.41) is 14.0. The van der Waals surface area contributed by atoms with Crippen molar-refractivity contribution in [1.29, 1.82) is 0 Å². The summed E-state index contributed by atoms with van der Waals surface area (Å²) < 4.78 is 41.0. The Morgan fingerprint density at radius 1 is 1.38 bits per heavy atom. The molecule has 3 heterocycles. The first kappa shape index (κ1) is 18.1. The van der Waals surface area contributed by atoms with Gasteiger partial charge in [0.1, 0.15) is 0 Å². The number of hydrogen-bond donors (Lipinski definition) is 2. The van der Waals surface area contributed by atoms with Gasteiger partial charge in [-0.3, -0.25) is 0 Å². The van der Waals surface area contributed by atoms with Crippen molar-refractivity contribution >= 4 is 27.5 Å². The lowest BCUT2D eigenvalue weighted by Gasteiger charge is -2.09. The lowest BCUT2D eigenvalue weighted by atomic mass is 10.1. The van der Waals surface area contributed by atoms with Gasteiger partial charge in [0, 0.05) is 24.3 Å². The van der Waals surface area contributed by atoms with Gasteiger partial charge in [0.2, 0.25) is 5.95 Å². The van der Waals surface area contributed by atoms with E-state index in [2.05, 4.69) is 10.3 Å². The van der Waals surface area contributed by atoms with Crippen molar-refractivity contribution in [3.8, 4) is 11.3 Å². The van der Waals surface area contributed by atoms with Gasteiger partial charge < -0.3 is 10.4 Å². The minimum atomic E-state index is -3.92. The fraction of sp³-hybridized carbons (Fsp3) is 0.125. The maximum atomic E-state index is 14.1. The van der Waals surface area contributed by atoms with Crippen molar-refractivity contribution in [1.82, 2.24) is 14.3 Å². The van der Waals surface area contributed by atoms with Crippen molar-refractivity contribution in [3.05, 3.63) is 58.9 Å². The highest BCUT2D eigenvalue weighted by atomic mass is 32.2. The summed E-state index contributed by atoms with van der Waals surface area (Å²) in [5.41, 5.74) is 0.728. The van der Waals surface area contributed by atoms with Crippen LogP contribution in [0.15, 0.2) is 52.3 Å². The second-order valence-corrected chi connectivity index (χ2v) is 7.91. The molecule has 0 aliphatic carbocycles. The number of rotatable bonds is 6. The molecule has 2 N–H and O–H groups in total. The van der Waals surface area contributed by atoms with Gasteiger partial charge in [-0.1, -0.05) is 0 Å². The number of hydrogen-bond acceptors (Lipinski definition) is 5. The van der Waals surface area contributed by atoms with E-state index >= 15 is 0 Å². The number of halogens is 1. The Hall–Kier alpha value is -2.72. The van der Waals surface area contributed by atoms with E-state index in [1.54, 1.807) is 5.38 Å². The van der Waals surface area contributed by atoms with Crippen LogP contribution in [-0.4, -0.2) is 35.1 Å². The van der Waals surface area contributed by atoms with Crippen LogP contribution in [0, 0.1) is 5.95 Å². The van der Waals surface area contributed by atoms with Gasteiger partial charge >= 0.3 is 6.09 Å². The van der Waals surface area contributed by atoms with E-state index in [4.69, 9.17) is 5.11 Å². The fourth-order valence-electron chi connectivity index (χ4n) is 2.43. The first-order valence-electron chi connectivity index (χ1n) is 7.46. The molecule has 0 aliphatic rings. The molecule has 0 bridgehead atoms. The van der Waals surface area contributed by atoms with Crippen LogP contribution in [-0.2, 0) is 16.4 Å². The Bertz CT molecular complexity index is 1030. The first-order chi connectivity index (χ1) is 12.4. The van der Waals surface area contributed by atoms with Crippen molar-refractivity contribution in [2.75, 3.05) is 6.54 Å². The zero-order valence-corrected chi connectivity index (χ0v) is 14.9. The topological polar surface area (TPSA) is 101 Å². The fourth-order valence-corrected chi connectivity index (χ4v) is 4.84. The van der Waals surface area contributed by atoms with Crippen LogP contribution in [0.1, 0.15) is 5.56 Å². The van der Waals surface area contributed by atoms with Gasteiger partial charge in [0.05, 0.1) is 16.2 Å². The molecular formula is C16H14FN3O4S2. The number of thiophene rings is 1. The zero-order valence-electron chi connectivity index (χ0n) is 13.3. The molecule has 10 heteroatoms. The van der Waals surface area contributed by atoms with E-state index in [-0.39, 0.29) is 29.1 Å². The number of nitrogens with one attached hydrogen (secondary N) is 1. The van der Waals surface area contributed by atoms with Crippen LogP contribution >= 0.6 is 11.3 Å². The maximum absolute atomic E-state index is 14.1. The molecule has 0 fully saturated rings. The predicted octanol–water partition coefficient (Wildman–Crippen LogP) is 2.80. The largest absolute Gasteiger partial charge is 0.465 e. The molecule has 26 heavy (non-hydrogen) atoms. The maximum Gasteiger partial charge on any atom is 0.404 e. The zero-order chi connectivity index (χ0) is 18.7. The standard InChI is InChI=1S/C16H14FN3O4S2/c17-15-13(2-1-5-18-15)14-8-11(3-6-19-16(21)22)9-20(14)26(23,24)12-4-7-25-10-12/h1-2,4-5,7-10,19H,3,6H2,(H,21,22). The minimum absolute atomic E-state index is 0.0451. The number of carbonyl (C=O) groups is 1. The van der Waals surface area contributed by atoms with Crippen LogP contribution < -0.4 is 5.32 Å². The molecule has 1 amide bonds. The Balaban J connectivity index is 2.08. The van der Waals surface area contributed by atoms with Crippen LogP contribution in [0.2, 0.25) is 0 Å². The average molecular weight is 395 g/mol. The molecule has 0 saturated carbocycles. The number of pyridine rings is 1. The van der Waals surface area contributed by atoms with E-state index in [0.717, 1.165) is 3.97 Å². The molecule has 0 unspecified atom stereocenters. The normalized spacial score (nSPS) is 11.4. The van der Waals surface area contributed by atoms with Gasteiger partial charge in [-0.05, 0) is 41.6 Å². The Morgan fingerprint density at radius 2 is 2.19 bits per heavy atom. The monoisotopic (exact) mass is 395 g/mol. The SMILES string of the molecule is O=C(O)NCCc1cc(-c2cccnc2F)n(S(=O)(=O)c2ccsc2)c1.